The van der Waals surface area contributed by atoms with Gasteiger partial charge in [0, 0.05) is 12.2 Å². The van der Waals surface area contributed by atoms with Gasteiger partial charge in [-0.05, 0) is 37.6 Å². The summed E-state index contributed by atoms with van der Waals surface area (Å²) in [4.78, 5) is 16.4. The van der Waals surface area contributed by atoms with Crippen molar-refractivity contribution in [2.75, 3.05) is 5.32 Å². The monoisotopic (exact) mass is 309 g/mol. The first kappa shape index (κ1) is 15.1. The lowest BCUT2D eigenvalue weighted by molar-refractivity contribution is 0.155. The fourth-order valence-corrected chi connectivity index (χ4v) is 2.60. The fraction of sp³-hybridized carbons (Fsp3) is 0.222. The first-order valence-corrected chi connectivity index (χ1v) is 7.62. The lowest BCUT2D eigenvalue weighted by atomic mass is 10.2. The smallest absolute Gasteiger partial charge is 0.411 e. The number of imidazole rings is 1. The minimum Gasteiger partial charge on any atom is -0.444 e. The highest BCUT2D eigenvalue weighted by atomic mass is 16.5. The minimum absolute atomic E-state index is 0.248. The van der Waals surface area contributed by atoms with Crippen LogP contribution in [0.1, 0.15) is 18.3 Å². The molecule has 0 radical (unpaired) electrons. The molecule has 23 heavy (non-hydrogen) atoms. The summed E-state index contributed by atoms with van der Waals surface area (Å²) in [5.74, 6) is 0.964. The molecule has 0 bridgehead atoms. The van der Waals surface area contributed by atoms with Gasteiger partial charge < -0.3 is 9.30 Å². The van der Waals surface area contributed by atoms with E-state index in [0.717, 1.165) is 29.0 Å². The maximum Gasteiger partial charge on any atom is 0.411 e. The first-order valence-electron chi connectivity index (χ1n) is 7.62. The standard InChI is InChI=1S/C18H19N3O2/c1-3-21-13(2)19-16-11-15(9-10-17(16)21)20-18(22)23-12-14-7-5-4-6-8-14/h4-11H,3,12H2,1-2H3,(H,20,22). The Bertz CT molecular complexity index is 825. The van der Waals surface area contributed by atoms with Crippen molar-refractivity contribution in [2.24, 2.45) is 0 Å². The zero-order valence-corrected chi connectivity index (χ0v) is 13.2. The number of fused-ring (bicyclic) bond motifs is 1. The van der Waals surface area contributed by atoms with Crippen LogP contribution in [0.4, 0.5) is 10.5 Å². The van der Waals surface area contributed by atoms with Crippen molar-refractivity contribution in [1.82, 2.24) is 9.55 Å². The average molecular weight is 309 g/mol. The number of aromatic nitrogens is 2. The molecule has 0 saturated carbocycles. The normalized spacial score (nSPS) is 10.7. The molecule has 2 aromatic carbocycles. The third kappa shape index (κ3) is 3.34. The second-order valence-corrected chi connectivity index (χ2v) is 5.29. The first-order chi connectivity index (χ1) is 11.2. The van der Waals surface area contributed by atoms with Crippen molar-refractivity contribution in [2.45, 2.75) is 27.0 Å². The summed E-state index contributed by atoms with van der Waals surface area (Å²) in [5.41, 5.74) is 3.56. The van der Waals surface area contributed by atoms with Crippen molar-refractivity contribution in [1.29, 1.82) is 0 Å². The second kappa shape index (κ2) is 6.52. The largest absolute Gasteiger partial charge is 0.444 e. The average Bonchev–Trinajstić information content (AvgIpc) is 2.88. The molecule has 1 amide bonds. The highest BCUT2D eigenvalue weighted by molar-refractivity contribution is 5.88. The van der Waals surface area contributed by atoms with Crippen LogP contribution in [0.25, 0.3) is 11.0 Å². The molecular formula is C18H19N3O2. The molecule has 0 saturated heterocycles. The molecule has 0 unspecified atom stereocenters. The molecule has 0 aliphatic carbocycles. The Labute approximate surface area is 134 Å². The van der Waals surface area contributed by atoms with E-state index in [1.807, 2.05) is 55.5 Å². The van der Waals surface area contributed by atoms with Gasteiger partial charge in [-0.25, -0.2) is 9.78 Å². The van der Waals surface area contributed by atoms with Crippen LogP contribution in [-0.2, 0) is 17.9 Å². The maximum absolute atomic E-state index is 11.9. The predicted molar refractivity (Wildman–Crippen MR) is 90.4 cm³/mol. The van der Waals surface area contributed by atoms with Gasteiger partial charge in [0.15, 0.2) is 0 Å². The molecule has 1 aromatic heterocycles. The maximum atomic E-state index is 11.9. The van der Waals surface area contributed by atoms with E-state index >= 15 is 0 Å². The number of benzene rings is 2. The quantitative estimate of drug-likeness (QED) is 0.789. The summed E-state index contributed by atoms with van der Waals surface area (Å²) in [6.45, 7) is 5.18. The Morgan fingerprint density at radius 3 is 2.74 bits per heavy atom. The van der Waals surface area contributed by atoms with Crippen LogP contribution in [0.2, 0.25) is 0 Å². The van der Waals surface area contributed by atoms with Gasteiger partial charge in [0.2, 0.25) is 0 Å². The van der Waals surface area contributed by atoms with Crippen LogP contribution in [0, 0.1) is 6.92 Å². The molecule has 0 aliphatic heterocycles. The summed E-state index contributed by atoms with van der Waals surface area (Å²) in [7, 11) is 0. The van der Waals surface area contributed by atoms with E-state index in [-0.39, 0.29) is 6.61 Å². The molecular weight excluding hydrogens is 290 g/mol. The number of amides is 1. The number of nitrogens with one attached hydrogen (secondary N) is 1. The molecule has 0 aliphatic rings. The van der Waals surface area contributed by atoms with Gasteiger partial charge in [-0.15, -0.1) is 0 Å². The predicted octanol–water partition coefficient (Wildman–Crippen LogP) is 4.11. The number of aryl methyl sites for hydroxylation is 2. The molecule has 1 heterocycles. The third-order valence-corrected chi connectivity index (χ3v) is 3.71. The van der Waals surface area contributed by atoms with E-state index in [1.165, 1.54) is 0 Å². The number of ether oxygens (including phenoxy) is 1. The Hall–Kier alpha value is -2.82. The van der Waals surface area contributed by atoms with E-state index in [9.17, 15) is 4.79 Å². The van der Waals surface area contributed by atoms with Gasteiger partial charge in [-0.1, -0.05) is 30.3 Å². The van der Waals surface area contributed by atoms with Crippen LogP contribution in [0.5, 0.6) is 0 Å². The molecule has 5 nitrogen and oxygen atoms in total. The molecule has 1 N–H and O–H groups in total. The topological polar surface area (TPSA) is 56.2 Å². The molecule has 118 valence electrons. The van der Waals surface area contributed by atoms with Crippen LogP contribution >= 0.6 is 0 Å². The van der Waals surface area contributed by atoms with Gasteiger partial charge in [-0.2, -0.15) is 0 Å². The Kier molecular flexibility index (Phi) is 4.28. The lowest BCUT2D eigenvalue weighted by Crippen LogP contribution is -2.13. The summed E-state index contributed by atoms with van der Waals surface area (Å²) < 4.78 is 7.35. The van der Waals surface area contributed by atoms with Crippen molar-refractivity contribution in [3.8, 4) is 0 Å². The highest BCUT2D eigenvalue weighted by Gasteiger charge is 2.09. The highest BCUT2D eigenvalue weighted by Crippen LogP contribution is 2.20. The number of hydrogen-bond donors (Lipinski definition) is 1. The zero-order chi connectivity index (χ0) is 16.2. The van der Waals surface area contributed by atoms with E-state index in [1.54, 1.807) is 0 Å². The molecule has 3 rings (SSSR count). The molecule has 0 fully saturated rings. The fourth-order valence-electron chi connectivity index (χ4n) is 2.60. The number of rotatable bonds is 4. The van der Waals surface area contributed by atoms with Crippen molar-refractivity contribution >= 4 is 22.8 Å². The van der Waals surface area contributed by atoms with Gasteiger partial charge in [0.25, 0.3) is 0 Å². The molecule has 3 aromatic rings. The molecule has 0 spiro atoms. The van der Waals surface area contributed by atoms with Gasteiger partial charge in [0.1, 0.15) is 12.4 Å². The van der Waals surface area contributed by atoms with Crippen LogP contribution in [0.3, 0.4) is 0 Å². The van der Waals surface area contributed by atoms with Gasteiger partial charge in [-0.3, -0.25) is 5.32 Å². The van der Waals surface area contributed by atoms with E-state index < -0.39 is 6.09 Å². The Balaban J connectivity index is 1.67. The summed E-state index contributed by atoms with van der Waals surface area (Å²) in [5, 5.41) is 2.74. The lowest BCUT2D eigenvalue weighted by Gasteiger charge is -2.07. The van der Waals surface area contributed by atoms with Crippen molar-refractivity contribution in [3.05, 3.63) is 59.9 Å². The Morgan fingerprint density at radius 1 is 1.22 bits per heavy atom. The Morgan fingerprint density at radius 2 is 2.00 bits per heavy atom. The summed E-state index contributed by atoms with van der Waals surface area (Å²) in [6.07, 6.45) is -0.472. The van der Waals surface area contributed by atoms with Crippen LogP contribution < -0.4 is 5.32 Å². The molecule has 5 heteroatoms. The summed E-state index contributed by atoms with van der Waals surface area (Å²) >= 11 is 0. The van der Waals surface area contributed by atoms with Gasteiger partial charge >= 0.3 is 6.09 Å². The zero-order valence-electron chi connectivity index (χ0n) is 13.2. The van der Waals surface area contributed by atoms with Crippen molar-refractivity contribution in [3.63, 3.8) is 0 Å². The second-order valence-electron chi connectivity index (χ2n) is 5.29. The number of carbonyl (C=O) groups excluding carboxylic acids is 1. The van der Waals surface area contributed by atoms with Crippen molar-refractivity contribution < 1.29 is 9.53 Å². The van der Waals surface area contributed by atoms with Crippen LogP contribution in [0.15, 0.2) is 48.5 Å². The van der Waals surface area contributed by atoms with Crippen LogP contribution in [-0.4, -0.2) is 15.6 Å². The van der Waals surface area contributed by atoms with E-state index in [4.69, 9.17) is 4.74 Å². The number of nitrogens with zero attached hydrogens (tertiary/aromatic N) is 2. The number of anilines is 1. The van der Waals surface area contributed by atoms with E-state index in [2.05, 4.69) is 21.8 Å². The SMILES string of the molecule is CCn1c(C)nc2cc(NC(=O)OCc3ccccc3)ccc21. The molecule has 0 atom stereocenters. The number of hydrogen-bond acceptors (Lipinski definition) is 3. The van der Waals surface area contributed by atoms with E-state index in [0.29, 0.717) is 5.69 Å². The summed E-state index contributed by atoms with van der Waals surface area (Å²) in [6, 6.07) is 15.3. The number of carbonyl (C=O) groups is 1. The van der Waals surface area contributed by atoms with Gasteiger partial charge in [0.05, 0.1) is 11.0 Å². The third-order valence-electron chi connectivity index (χ3n) is 3.71. The minimum atomic E-state index is -0.472.